The van der Waals surface area contributed by atoms with Crippen LogP contribution in [-0.4, -0.2) is 4.98 Å². The van der Waals surface area contributed by atoms with Gasteiger partial charge in [-0.1, -0.05) is 27.5 Å². The summed E-state index contributed by atoms with van der Waals surface area (Å²) in [6.45, 7) is 1.71. The minimum atomic E-state index is -4.46. The number of aromatic nitrogens is 1. The van der Waals surface area contributed by atoms with Gasteiger partial charge in [0.25, 0.3) is 0 Å². The predicted molar refractivity (Wildman–Crippen MR) is 51.6 cm³/mol. The molecule has 1 rings (SSSR count). The number of rotatable bonds is 1. The van der Waals surface area contributed by atoms with Crippen LogP contribution in [0.3, 0.4) is 0 Å². The van der Waals surface area contributed by atoms with Crippen LogP contribution in [0.25, 0.3) is 0 Å². The van der Waals surface area contributed by atoms with Gasteiger partial charge in [-0.15, -0.1) is 0 Å². The van der Waals surface area contributed by atoms with Crippen LogP contribution in [0.5, 0.6) is 0 Å². The van der Waals surface area contributed by atoms with E-state index in [2.05, 4.69) is 20.9 Å². The Bertz CT molecular complexity index is 338. The van der Waals surface area contributed by atoms with Crippen molar-refractivity contribution in [1.82, 2.24) is 4.98 Å². The maximum Gasteiger partial charge on any atom is 0.433 e. The van der Waals surface area contributed by atoms with Gasteiger partial charge in [0.1, 0.15) is 10.8 Å². The molecule has 0 aliphatic rings. The van der Waals surface area contributed by atoms with Gasteiger partial charge in [-0.05, 0) is 24.6 Å². The van der Waals surface area contributed by atoms with Crippen molar-refractivity contribution in [3.05, 3.63) is 28.5 Å². The van der Waals surface area contributed by atoms with E-state index in [4.69, 9.17) is 11.6 Å². The van der Waals surface area contributed by atoms with Crippen molar-refractivity contribution in [1.29, 1.82) is 0 Å². The van der Waals surface area contributed by atoms with Gasteiger partial charge < -0.3 is 0 Å². The Balaban J connectivity index is 3.21. The fourth-order valence-electron chi connectivity index (χ4n) is 0.892. The summed E-state index contributed by atoms with van der Waals surface area (Å²) in [7, 11) is 0. The second kappa shape index (κ2) is 4.06. The first-order valence-electron chi connectivity index (χ1n) is 3.69. The van der Waals surface area contributed by atoms with Crippen molar-refractivity contribution in [2.24, 2.45) is 0 Å². The van der Waals surface area contributed by atoms with Crippen LogP contribution in [0.15, 0.2) is 12.1 Å². The molecule has 1 unspecified atom stereocenters. The molecule has 0 fully saturated rings. The number of hydrogen-bond acceptors (Lipinski definition) is 1. The highest BCUT2D eigenvalue weighted by Gasteiger charge is 2.33. The highest BCUT2D eigenvalue weighted by atomic mass is 79.9. The van der Waals surface area contributed by atoms with Gasteiger partial charge in [0.15, 0.2) is 0 Å². The van der Waals surface area contributed by atoms with Gasteiger partial charge in [-0.25, -0.2) is 4.98 Å². The fourth-order valence-corrected chi connectivity index (χ4v) is 1.37. The predicted octanol–water partition coefficient (Wildman–Crippen LogP) is 4.21. The van der Waals surface area contributed by atoms with Crippen molar-refractivity contribution in [3.8, 4) is 0 Å². The molecule has 0 saturated carbocycles. The molecule has 0 aliphatic heterocycles. The van der Waals surface area contributed by atoms with Crippen LogP contribution in [0, 0.1) is 0 Å². The molecule has 0 amide bonds. The number of hydrogen-bond donors (Lipinski definition) is 0. The van der Waals surface area contributed by atoms with Crippen molar-refractivity contribution in [2.45, 2.75) is 17.9 Å². The van der Waals surface area contributed by atoms with Crippen molar-refractivity contribution in [2.75, 3.05) is 0 Å². The Morgan fingerprint density at radius 1 is 1.43 bits per heavy atom. The molecule has 0 N–H and O–H groups in total. The third-order valence-electron chi connectivity index (χ3n) is 1.57. The Labute approximate surface area is 92.4 Å². The van der Waals surface area contributed by atoms with E-state index >= 15 is 0 Å². The van der Waals surface area contributed by atoms with E-state index in [0.717, 1.165) is 6.07 Å². The Kier molecular flexibility index (Phi) is 3.42. The molecule has 0 aliphatic carbocycles. The van der Waals surface area contributed by atoms with E-state index in [1.165, 1.54) is 6.07 Å². The first-order chi connectivity index (χ1) is 6.30. The molecule has 0 aromatic carbocycles. The lowest BCUT2D eigenvalue weighted by Gasteiger charge is -2.09. The van der Waals surface area contributed by atoms with Gasteiger partial charge in [-0.3, -0.25) is 0 Å². The van der Waals surface area contributed by atoms with Crippen LogP contribution in [0.4, 0.5) is 13.2 Å². The van der Waals surface area contributed by atoms with E-state index in [0.29, 0.717) is 5.56 Å². The fraction of sp³-hybridized carbons (Fsp3) is 0.375. The molecule has 1 nitrogen and oxygen atoms in total. The first-order valence-corrected chi connectivity index (χ1v) is 4.99. The topological polar surface area (TPSA) is 12.9 Å². The molecule has 78 valence electrons. The highest BCUT2D eigenvalue weighted by molar-refractivity contribution is 9.09. The zero-order valence-electron chi connectivity index (χ0n) is 7.07. The van der Waals surface area contributed by atoms with Gasteiger partial charge in [0.2, 0.25) is 0 Å². The summed E-state index contributed by atoms with van der Waals surface area (Å²) < 4.78 is 36.8. The molecule has 14 heavy (non-hydrogen) atoms. The summed E-state index contributed by atoms with van der Waals surface area (Å²) in [5, 5.41) is -0.152. The highest BCUT2D eigenvalue weighted by Crippen LogP contribution is 2.32. The second-order valence-corrected chi connectivity index (χ2v) is 4.48. The summed E-state index contributed by atoms with van der Waals surface area (Å²) >= 11 is 8.63. The molecule has 1 aromatic heterocycles. The molecular formula is C8H6BrClF3N. The third-order valence-corrected chi connectivity index (χ3v) is 2.29. The molecule has 6 heteroatoms. The maximum absolute atomic E-state index is 12.3. The summed E-state index contributed by atoms with van der Waals surface area (Å²) in [6, 6.07) is 2.38. The van der Waals surface area contributed by atoms with Gasteiger partial charge in [-0.2, -0.15) is 13.2 Å². The molecule has 1 atom stereocenters. The molecular weight excluding hydrogens is 282 g/mol. The van der Waals surface area contributed by atoms with Gasteiger partial charge in [0.05, 0.1) is 0 Å². The number of pyridine rings is 1. The minimum Gasteiger partial charge on any atom is -0.232 e. The lowest BCUT2D eigenvalue weighted by Crippen LogP contribution is -2.08. The van der Waals surface area contributed by atoms with Crippen molar-refractivity contribution < 1.29 is 13.2 Å². The number of alkyl halides is 4. The molecule has 1 aromatic rings. The molecule has 0 saturated heterocycles. The molecule has 1 heterocycles. The summed E-state index contributed by atoms with van der Waals surface area (Å²) in [6.07, 6.45) is -4.46. The standard InChI is InChI=1S/C8H6BrClF3N/c1-4(9)5-2-6(8(11,12)13)14-7(10)3-5/h2-4H,1H3. The van der Waals surface area contributed by atoms with Crippen LogP contribution in [0.2, 0.25) is 5.15 Å². The lowest BCUT2D eigenvalue weighted by atomic mass is 10.2. The first kappa shape index (κ1) is 11.8. The van der Waals surface area contributed by atoms with Gasteiger partial charge in [0, 0.05) is 4.83 Å². The Morgan fingerprint density at radius 3 is 2.43 bits per heavy atom. The Morgan fingerprint density at radius 2 is 2.00 bits per heavy atom. The van der Waals surface area contributed by atoms with Crippen LogP contribution < -0.4 is 0 Å². The smallest absolute Gasteiger partial charge is 0.232 e. The van der Waals surface area contributed by atoms with Crippen molar-refractivity contribution >= 4 is 27.5 Å². The van der Waals surface area contributed by atoms with Crippen LogP contribution >= 0.6 is 27.5 Å². The second-order valence-electron chi connectivity index (χ2n) is 2.72. The summed E-state index contributed by atoms with van der Waals surface area (Å²) in [5.74, 6) is 0. The van der Waals surface area contributed by atoms with E-state index in [-0.39, 0.29) is 9.98 Å². The molecule has 0 spiro atoms. The average molecular weight is 288 g/mol. The number of nitrogens with zero attached hydrogens (tertiary/aromatic N) is 1. The van der Waals surface area contributed by atoms with E-state index < -0.39 is 11.9 Å². The SMILES string of the molecule is CC(Br)c1cc(Cl)nc(C(F)(F)F)c1. The average Bonchev–Trinajstić information content (AvgIpc) is 2.01. The van der Waals surface area contributed by atoms with E-state index in [1.54, 1.807) is 6.92 Å². The van der Waals surface area contributed by atoms with Crippen molar-refractivity contribution in [3.63, 3.8) is 0 Å². The molecule has 0 radical (unpaired) electrons. The third kappa shape index (κ3) is 2.85. The Hall–Kier alpha value is -0.290. The van der Waals surface area contributed by atoms with E-state index in [1.807, 2.05) is 0 Å². The van der Waals surface area contributed by atoms with E-state index in [9.17, 15) is 13.2 Å². The zero-order valence-corrected chi connectivity index (χ0v) is 9.41. The molecule has 0 bridgehead atoms. The largest absolute Gasteiger partial charge is 0.433 e. The van der Waals surface area contributed by atoms with Crippen LogP contribution in [0.1, 0.15) is 23.0 Å². The van der Waals surface area contributed by atoms with Gasteiger partial charge >= 0.3 is 6.18 Å². The summed E-state index contributed by atoms with van der Waals surface area (Å²) in [5.41, 5.74) is -0.511. The summed E-state index contributed by atoms with van der Waals surface area (Å²) in [4.78, 5) is 3.02. The lowest BCUT2D eigenvalue weighted by molar-refractivity contribution is -0.141. The maximum atomic E-state index is 12.3. The number of halogens is 5. The quantitative estimate of drug-likeness (QED) is 0.557. The minimum absolute atomic E-state index is 0.152. The zero-order chi connectivity index (χ0) is 10.9. The normalized spacial score (nSPS) is 14.1. The monoisotopic (exact) mass is 287 g/mol. The van der Waals surface area contributed by atoms with Crippen LogP contribution in [-0.2, 0) is 6.18 Å².